The number of nitrogens with zero attached hydrogens (tertiary/aromatic N) is 1. The number of carbonyl (C=O) groups excluding carboxylic acids is 4. The lowest BCUT2D eigenvalue weighted by Crippen LogP contribution is -2.51. The van der Waals surface area contributed by atoms with Crippen LogP contribution in [0.25, 0.3) is 0 Å². The van der Waals surface area contributed by atoms with E-state index in [1.54, 1.807) is 19.1 Å². The summed E-state index contributed by atoms with van der Waals surface area (Å²) in [5.74, 6) is 4.48. The molecule has 12 nitrogen and oxygen atoms in total. The van der Waals surface area contributed by atoms with E-state index in [4.69, 9.17) is 18.9 Å². The first-order chi connectivity index (χ1) is 38.1. The number of rotatable bonds is 24. The van der Waals surface area contributed by atoms with Crippen LogP contribution in [-0.4, -0.2) is 92.1 Å². The summed E-state index contributed by atoms with van der Waals surface area (Å²) >= 11 is 0. The summed E-state index contributed by atoms with van der Waals surface area (Å²) in [4.78, 5) is 55.4. The van der Waals surface area contributed by atoms with Crippen LogP contribution < -0.4 is 20.1 Å². The highest BCUT2D eigenvalue weighted by molar-refractivity contribution is 5.82. The lowest BCUT2D eigenvalue weighted by molar-refractivity contribution is -0.153. The van der Waals surface area contributed by atoms with Crippen molar-refractivity contribution in [2.45, 2.75) is 186 Å². The number of aliphatic hydroxyl groups excluding tert-OH is 1. The van der Waals surface area contributed by atoms with Gasteiger partial charge < -0.3 is 39.6 Å². The number of alkyl carbamates (subject to hydrolysis) is 1. The summed E-state index contributed by atoms with van der Waals surface area (Å²) in [6, 6.07) is 25.2. The minimum atomic E-state index is -1.21. The zero-order valence-corrected chi connectivity index (χ0v) is 48.7. The molecule has 3 aromatic rings. The number of carbonyl (C=O) groups is 4. The van der Waals surface area contributed by atoms with Crippen molar-refractivity contribution in [1.82, 2.24) is 15.5 Å². The number of ether oxygens (including phenoxy) is 4. The van der Waals surface area contributed by atoms with E-state index >= 15 is 0 Å². The number of methoxy groups -OCH3 is 2. The Balaban J connectivity index is 0.796. The van der Waals surface area contributed by atoms with Crippen LogP contribution >= 0.6 is 0 Å². The molecule has 1 heterocycles. The molecule has 9 rings (SSSR count). The number of amides is 3. The number of esters is 1. The Bertz CT molecular complexity index is 2520. The number of allylic oxidation sites excluding steroid dienone is 1. The maximum atomic E-state index is 14.2. The minimum absolute atomic E-state index is 0.00582. The Morgan fingerprint density at radius 1 is 0.722 bits per heavy atom. The van der Waals surface area contributed by atoms with Gasteiger partial charge in [0, 0.05) is 44.3 Å². The molecule has 11 atom stereocenters. The van der Waals surface area contributed by atoms with E-state index in [1.165, 1.54) is 56.9 Å². The first-order valence-corrected chi connectivity index (χ1v) is 30.5. The van der Waals surface area contributed by atoms with Gasteiger partial charge in [-0.15, -0.1) is 0 Å². The Hall–Kier alpha value is -5.36. The van der Waals surface area contributed by atoms with Crippen LogP contribution in [0.15, 0.2) is 90.5 Å². The van der Waals surface area contributed by atoms with Crippen LogP contribution in [0.1, 0.15) is 173 Å². The fraction of sp³-hybridized carbons (Fsp3) is 0.642. The average Bonchev–Trinajstić information content (AvgIpc) is 4.01. The highest BCUT2D eigenvalue weighted by Gasteiger charge is 2.59. The molecule has 12 heteroatoms. The van der Waals surface area contributed by atoms with Crippen molar-refractivity contribution in [1.29, 1.82) is 0 Å². The van der Waals surface area contributed by atoms with E-state index in [-0.39, 0.29) is 67.8 Å². The van der Waals surface area contributed by atoms with Gasteiger partial charge in [0.05, 0.1) is 38.7 Å². The molecule has 0 aromatic heterocycles. The third-order valence-corrected chi connectivity index (χ3v) is 20.5. The van der Waals surface area contributed by atoms with Gasteiger partial charge in [-0.05, 0) is 158 Å². The van der Waals surface area contributed by atoms with Crippen LogP contribution in [0.5, 0.6) is 11.5 Å². The first kappa shape index (κ1) is 58.3. The summed E-state index contributed by atoms with van der Waals surface area (Å²) in [5.41, 5.74) is 3.34. The molecule has 3 N–H and O–H groups in total. The van der Waals surface area contributed by atoms with E-state index in [0.717, 1.165) is 84.3 Å². The number of nitrogens with one attached hydrogen (secondary N) is 2. The molecular formula is C67H93N3O9. The zero-order chi connectivity index (χ0) is 55.9. The Morgan fingerprint density at radius 3 is 2.06 bits per heavy atom. The first-order valence-electron chi connectivity index (χ1n) is 30.5. The summed E-state index contributed by atoms with van der Waals surface area (Å²) < 4.78 is 23.5. The molecule has 8 unspecified atom stereocenters. The quantitative estimate of drug-likeness (QED) is 0.0344. The van der Waals surface area contributed by atoms with Gasteiger partial charge in [-0.3, -0.25) is 14.4 Å². The fourth-order valence-electron chi connectivity index (χ4n) is 16.0. The van der Waals surface area contributed by atoms with Gasteiger partial charge in [0.15, 0.2) is 0 Å². The van der Waals surface area contributed by atoms with E-state index in [2.05, 4.69) is 51.3 Å². The molecule has 0 spiro atoms. The van der Waals surface area contributed by atoms with Crippen molar-refractivity contribution in [3.05, 3.63) is 107 Å². The second kappa shape index (κ2) is 25.6. The van der Waals surface area contributed by atoms with Crippen molar-refractivity contribution in [2.75, 3.05) is 33.9 Å². The van der Waals surface area contributed by atoms with Crippen LogP contribution in [0.3, 0.4) is 0 Å². The highest BCUT2D eigenvalue weighted by Crippen LogP contribution is 2.67. The molecule has 3 amide bonds. The van der Waals surface area contributed by atoms with Gasteiger partial charge in [-0.1, -0.05) is 127 Å². The van der Waals surface area contributed by atoms with Crippen molar-refractivity contribution in [3.8, 4) is 11.5 Å². The van der Waals surface area contributed by atoms with Gasteiger partial charge in [0.1, 0.15) is 23.7 Å². The topological polar surface area (TPSA) is 153 Å². The highest BCUT2D eigenvalue weighted by atomic mass is 16.6. The molecule has 79 heavy (non-hydrogen) atoms. The van der Waals surface area contributed by atoms with Crippen molar-refractivity contribution >= 4 is 23.9 Å². The summed E-state index contributed by atoms with van der Waals surface area (Å²) in [5, 5.41) is 19.2. The molecule has 6 aliphatic rings. The third kappa shape index (κ3) is 12.9. The number of aliphatic hydroxyl groups is 1. The number of hydrogen-bond donors (Lipinski definition) is 3. The van der Waals surface area contributed by atoms with Crippen LogP contribution in [-0.2, 0) is 29.3 Å². The molecule has 5 aliphatic carbocycles. The average molecular weight is 1080 g/mol. The van der Waals surface area contributed by atoms with Gasteiger partial charge in [-0.2, -0.15) is 0 Å². The molecule has 4 saturated carbocycles. The van der Waals surface area contributed by atoms with E-state index < -0.39 is 29.5 Å². The fourth-order valence-corrected chi connectivity index (χ4v) is 16.0. The van der Waals surface area contributed by atoms with Crippen molar-refractivity contribution < 1.29 is 43.2 Å². The number of benzene rings is 3. The largest absolute Gasteiger partial charge is 0.497 e. The molecule has 1 saturated heterocycles. The molecule has 430 valence electrons. The molecule has 1 aliphatic heterocycles. The molecule has 0 bridgehead atoms. The van der Waals surface area contributed by atoms with Gasteiger partial charge in [0.2, 0.25) is 11.8 Å². The normalized spacial score (nSPS) is 28.1. The van der Waals surface area contributed by atoms with E-state index in [9.17, 15) is 24.3 Å². The standard InChI is InChI=1S/C67H93N3O9/c1-44(2)15-14-16-45(3)56-32-33-57-54-31-24-49-41-53(36-38-65(49,4)58(54)37-39-66(56,57)5)78-64(75)68-40-13-9-12-19-61(72)70-42-55(59(43-70)79-62(73)35-34-60(71)69-50-25-26-50)63(74)67(46-17-10-8-11-18-46,47-20-27-51(76-6)28-21-47)48-22-29-52(77-7)30-23-48/h8,10-11,17-18,20-24,27-30,44-45,50,53-59,63,74H,9,12-16,19,25-26,31-43H2,1-7H3,(H,68,75)(H,69,71)/t45?,53?,54?,55?,56-,57?,58?,59?,63?,65+,66-/m1/s1. The van der Waals surface area contributed by atoms with Gasteiger partial charge in [0.25, 0.3) is 0 Å². The number of likely N-dealkylation sites (tertiary alicyclic amines) is 1. The lowest BCUT2D eigenvalue weighted by atomic mass is 9.47. The number of hydrogen-bond acceptors (Lipinski definition) is 9. The van der Waals surface area contributed by atoms with Crippen molar-refractivity contribution in [3.63, 3.8) is 0 Å². The zero-order valence-electron chi connectivity index (χ0n) is 48.7. The maximum absolute atomic E-state index is 14.2. The predicted molar refractivity (Wildman–Crippen MR) is 308 cm³/mol. The van der Waals surface area contributed by atoms with Crippen LogP contribution in [0, 0.1) is 52.3 Å². The summed E-state index contributed by atoms with van der Waals surface area (Å²) in [7, 11) is 3.22. The van der Waals surface area contributed by atoms with Crippen molar-refractivity contribution in [2.24, 2.45) is 52.3 Å². The molecule has 5 fully saturated rings. The monoisotopic (exact) mass is 1080 g/mol. The number of unbranched alkanes of at least 4 members (excludes halogenated alkanes) is 2. The summed E-state index contributed by atoms with van der Waals surface area (Å²) in [6.45, 7) is 13.1. The maximum Gasteiger partial charge on any atom is 0.407 e. The summed E-state index contributed by atoms with van der Waals surface area (Å²) in [6.07, 6.45) is 17.5. The Morgan fingerprint density at radius 2 is 1.41 bits per heavy atom. The van der Waals surface area contributed by atoms with Crippen LogP contribution in [0.2, 0.25) is 0 Å². The van der Waals surface area contributed by atoms with Gasteiger partial charge in [-0.25, -0.2) is 4.79 Å². The molecule has 3 aromatic carbocycles. The predicted octanol–water partition coefficient (Wildman–Crippen LogP) is 12.5. The minimum Gasteiger partial charge on any atom is -0.497 e. The molecular weight excluding hydrogens is 991 g/mol. The van der Waals surface area contributed by atoms with Gasteiger partial charge >= 0.3 is 12.1 Å². The smallest absolute Gasteiger partial charge is 0.407 e. The third-order valence-electron chi connectivity index (χ3n) is 20.5. The van der Waals surface area contributed by atoms with E-state index in [0.29, 0.717) is 42.7 Å². The van der Waals surface area contributed by atoms with Crippen LogP contribution in [0.4, 0.5) is 4.79 Å². The SMILES string of the molecule is COc1ccc(C(c2ccccc2)(c2ccc(OC)cc2)C(O)C2CN(C(=O)CCCCCNC(=O)OC3CC[C@@]4(C)C(=CCC5C4CC[C@@]4(C)C5CC[C@@H]4C(C)CCCC(C)C)C3)CC2OC(=O)CCC(=O)NC2CC2)cc1. The Kier molecular flexibility index (Phi) is 18.9. The second-order valence-electron chi connectivity index (χ2n) is 25.7. The lowest BCUT2D eigenvalue weighted by Gasteiger charge is -2.58. The number of fused-ring (bicyclic) bond motifs is 5. The molecule has 0 radical (unpaired) electrons. The Labute approximate surface area is 471 Å². The van der Waals surface area contributed by atoms with E-state index in [1.807, 2.05) is 78.9 Å². The second-order valence-corrected chi connectivity index (χ2v) is 25.7.